The quantitative estimate of drug-likeness (QED) is 0.674. The molecule has 0 aromatic heterocycles. The molecule has 6 nitrogen and oxygen atoms in total. The van der Waals surface area contributed by atoms with E-state index in [4.69, 9.17) is 10.5 Å². The van der Waals surface area contributed by atoms with Crippen LogP contribution in [0.25, 0.3) is 0 Å². The van der Waals surface area contributed by atoms with Gasteiger partial charge in [-0.05, 0) is 43.5 Å². The first-order chi connectivity index (χ1) is 13.6. The molecule has 1 fully saturated rings. The van der Waals surface area contributed by atoms with Gasteiger partial charge in [0.25, 0.3) is 11.8 Å². The Kier molecular flexibility index (Phi) is 8.34. The molecule has 2 aromatic carbocycles. The number of ether oxygens (including phenoxy) is 1. The summed E-state index contributed by atoms with van der Waals surface area (Å²) < 4.78 is 5.84. The molecule has 0 bridgehead atoms. The van der Waals surface area contributed by atoms with Gasteiger partial charge in [0.1, 0.15) is 5.75 Å². The smallest absolute Gasteiger partial charge is 0.260 e. The van der Waals surface area contributed by atoms with E-state index in [1.807, 2.05) is 36.1 Å². The van der Waals surface area contributed by atoms with Gasteiger partial charge in [-0.3, -0.25) is 9.59 Å². The lowest BCUT2D eigenvalue weighted by molar-refractivity contribution is -0.132. The van der Waals surface area contributed by atoms with Gasteiger partial charge >= 0.3 is 0 Å². The summed E-state index contributed by atoms with van der Waals surface area (Å²) in [6, 6.07) is 14.2. The molecule has 1 saturated heterocycles. The Bertz CT molecular complexity index is 838. The van der Waals surface area contributed by atoms with Crippen LogP contribution >= 0.6 is 12.4 Å². The number of amides is 2. The maximum absolute atomic E-state index is 12.6. The summed E-state index contributed by atoms with van der Waals surface area (Å²) in [5.41, 5.74) is 7.70. The first-order valence-corrected chi connectivity index (χ1v) is 9.74. The predicted octanol–water partition coefficient (Wildman–Crippen LogP) is 3.57. The van der Waals surface area contributed by atoms with Crippen LogP contribution in [0.2, 0.25) is 0 Å². The molecule has 2 amide bonds. The van der Waals surface area contributed by atoms with Crippen LogP contribution in [0, 0.1) is 0 Å². The molecule has 0 aliphatic carbocycles. The highest BCUT2D eigenvalue weighted by Crippen LogP contribution is 2.28. The zero-order valence-corrected chi connectivity index (χ0v) is 17.4. The van der Waals surface area contributed by atoms with E-state index in [-0.39, 0.29) is 36.9 Å². The second kappa shape index (κ2) is 10.7. The maximum atomic E-state index is 12.6. The number of nitrogens with zero attached hydrogens (tertiary/aromatic N) is 1. The van der Waals surface area contributed by atoms with E-state index in [2.05, 4.69) is 5.32 Å². The molecule has 3 rings (SSSR count). The number of likely N-dealkylation sites (tertiary alicyclic amines) is 1. The second-order valence-electron chi connectivity index (χ2n) is 6.97. The highest BCUT2D eigenvalue weighted by atomic mass is 35.5. The lowest BCUT2D eigenvalue weighted by Gasteiger charge is -2.22. The minimum Gasteiger partial charge on any atom is -0.483 e. The van der Waals surface area contributed by atoms with Crippen molar-refractivity contribution in [1.82, 2.24) is 10.2 Å². The molecule has 3 N–H and O–H groups in total. The highest BCUT2D eigenvalue weighted by Gasteiger charge is 2.21. The van der Waals surface area contributed by atoms with Gasteiger partial charge in [0.05, 0.1) is 6.04 Å². The molecule has 0 saturated carbocycles. The van der Waals surface area contributed by atoms with E-state index in [0.29, 0.717) is 23.4 Å². The third kappa shape index (κ3) is 5.87. The Morgan fingerprint density at radius 2 is 1.86 bits per heavy atom. The Morgan fingerprint density at radius 3 is 2.55 bits per heavy atom. The number of rotatable bonds is 7. The van der Waals surface area contributed by atoms with Gasteiger partial charge < -0.3 is 20.7 Å². The van der Waals surface area contributed by atoms with Gasteiger partial charge in [0.15, 0.2) is 6.61 Å². The number of anilines is 1. The normalized spacial score (nSPS) is 14.0. The van der Waals surface area contributed by atoms with Crippen LogP contribution < -0.4 is 15.8 Å². The first kappa shape index (κ1) is 22.6. The Balaban J connectivity index is 0.00000300. The summed E-state index contributed by atoms with van der Waals surface area (Å²) in [7, 11) is 0. The average molecular weight is 418 g/mol. The van der Waals surface area contributed by atoms with E-state index in [0.717, 1.165) is 31.5 Å². The van der Waals surface area contributed by atoms with Gasteiger partial charge in [-0.25, -0.2) is 0 Å². The summed E-state index contributed by atoms with van der Waals surface area (Å²) in [4.78, 5) is 26.7. The average Bonchev–Trinajstić information content (AvgIpc) is 3.25. The molecule has 156 valence electrons. The maximum Gasteiger partial charge on any atom is 0.260 e. The van der Waals surface area contributed by atoms with Crippen LogP contribution in [0.5, 0.6) is 5.75 Å². The summed E-state index contributed by atoms with van der Waals surface area (Å²) in [5, 5.41) is 3.04. The topological polar surface area (TPSA) is 84.7 Å². The largest absolute Gasteiger partial charge is 0.483 e. The summed E-state index contributed by atoms with van der Waals surface area (Å²) in [6.07, 6.45) is 2.79. The van der Waals surface area contributed by atoms with Gasteiger partial charge in [-0.15, -0.1) is 12.4 Å². The number of nitrogens with two attached hydrogens (primary N) is 1. The fraction of sp³-hybridized carbons (Fsp3) is 0.364. The zero-order valence-electron chi connectivity index (χ0n) is 16.6. The third-order valence-electron chi connectivity index (χ3n) is 4.97. The molecular formula is C22H28ClN3O3. The van der Waals surface area contributed by atoms with E-state index >= 15 is 0 Å². The summed E-state index contributed by atoms with van der Waals surface area (Å²) >= 11 is 0. The molecule has 1 unspecified atom stereocenters. The standard InChI is InChI=1S/C22H27N3O3.ClH/c1-2-19(24-22(27)16-8-7-9-17(23)14-16)18-10-3-4-11-20(18)28-15-21(26)25-12-5-6-13-25;/h3-4,7-11,14,19H,2,5-6,12-13,15,23H2,1H3,(H,24,27);1H. The van der Waals surface area contributed by atoms with E-state index in [1.54, 1.807) is 24.3 Å². The minimum absolute atomic E-state index is 0. The van der Waals surface area contributed by atoms with Gasteiger partial charge in [-0.1, -0.05) is 31.2 Å². The fourth-order valence-corrected chi connectivity index (χ4v) is 3.42. The summed E-state index contributed by atoms with van der Waals surface area (Å²) in [5.74, 6) is 0.431. The third-order valence-corrected chi connectivity index (χ3v) is 4.97. The van der Waals surface area contributed by atoms with Crippen LogP contribution in [0.15, 0.2) is 48.5 Å². The predicted molar refractivity (Wildman–Crippen MR) is 116 cm³/mol. The molecule has 2 aromatic rings. The van der Waals surface area contributed by atoms with E-state index in [1.165, 1.54) is 0 Å². The molecular weight excluding hydrogens is 390 g/mol. The molecule has 29 heavy (non-hydrogen) atoms. The van der Waals surface area contributed by atoms with Crippen LogP contribution in [0.4, 0.5) is 5.69 Å². The molecule has 1 heterocycles. The second-order valence-corrected chi connectivity index (χ2v) is 6.97. The number of nitrogen functional groups attached to an aromatic ring is 1. The highest BCUT2D eigenvalue weighted by molar-refractivity contribution is 5.95. The Morgan fingerprint density at radius 1 is 1.14 bits per heavy atom. The fourth-order valence-electron chi connectivity index (χ4n) is 3.42. The number of nitrogens with one attached hydrogen (secondary N) is 1. The van der Waals surface area contributed by atoms with Crippen molar-refractivity contribution in [3.05, 3.63) is 59.7 Å². The van der Waals surface area contributed by atoms with Gasteiger partial charge in [-0.2, -0.15) is 0 Å². The molecule has 1 atom stereocenters. The molecule has 1 aliphatic heterocycles. The van der Waals surface area contributed by atoms with Crippen LogP contribution in [-0.2, 0) is 4.79 Å². The number of carbonyl (C=O) groups is 2. The van der Waals surface area contributed by atoms with Crippen molar-refractivity contribution < 1.29 is 14.3 Å². The van der Waals surface area contributed by atoms with Crippen LogP contribution in [0.1, 0.15) is 48.1 Å². The van der Waals surface area contributed by atoms with Crippen molar-refractivity contribution in [3.8, 4) is 5.75 Å². The van der Waals surface area contributed by atoms with Gasteiger partial charge in [0, 0.05) is 29.9 Å². The molecule has 7 heteroatoms. The first-order valence-electron chi connectivity index (χ1n) is 9.74. The van der Waals surface area contributed by atoms with Crippen molar-refractivity contribution in [3.63, 3.8) is 0 Å². The Labute approximate surface area is 177 Å². The van der Waals surface area contributed by atoms with Crippen molar-refractivity contribution in [2.24, 2.45) is 0 Å². The minimum atomic E-state index is -0.230. The van der Waals surface area contributed by atoms with E-state index < -0.39 is 0 Å². The molecule has 1 aliphatic rings. The lowest BCUT2D eigenvalue weighted by atomic mass is 10.0. The number of carbonyl (C=O) groups excluding carboxylic acids is 2. The zero-order chi connectivity index (χ0) is 19.9. The molecule has 0 radical (unpaired) electrons. The Hall–Kier alpha value is -2.73. The monoisotopic (exact) mass is 417 g/mol. The number of benzene rings is 2. The summed E-state index contributed by atoms with van der Waals surface area (Å²) in [6.45, 7) is 3.61. The SMILES string of the molecule is CCC(NC(=O)c1cccc(N)c1)c1ccccc1OCC(=O)N1CCCC1.Cl. The molecule has 0 spiro atoms. The number of hydrogen-bond acceptors (Lipinski definition) is 4. The number of halogens is 1. The van der Waals surface area contributed by atoms with Crippen molar-refractivity contribution in [1.29, 1.82) is 0 Å². The van der Waals surface area contributed by atoms with Crippen LogP contribution in [0.3, 0.4) is 0 Å². The van der Waals surface area contributed by atoms with Crippen molar-refractivity contribution in [2.45, 2.75) is 32.2 Å². The van der Waals surface area contributed by atoms with E-state index in [9.17, 15) is 9.59 Å². The van der Waals surface area contributed by atoms with Crippen molar-refractivity contribution in [2.75, 3.05) is 25.4 Å². The number of para-hydroxylation sites is 1. The lowest BCUT2D eigenvalue weighted by Crippen LogP contribution is -2.32. The van der Waals surface area contributed by atoms with Gasteiger partial charge in [0.2, 0.25) is 0 Å². The van der Waals surface area contributed by atoms with Crippen LogP contribution in [-0.4, -0.2) is 36.4 Å². The number of hydrogen-bond donors (Lipinski definition) is 2. The van der Waals surface area contributed by atoms with Crippen molar-refractivity contribution >= 4 is 29.9 Å².